The van der Waals surface area contributed by atoms with Gasteiger partial charge in [0.15, 0.2) is 0 Å². The number of halogens is 1. The van der Waals surface area contributed by atoms with Crippen LogP contribution in [0.3, 0.4) is 0 Å². The van der Waals surface area contributed by atoms with Crippen molar-refractivity contribution in [1.82, 2.24) is 10.2 Å². The SMILES string of the molecule is CC1C(=O)Nc2cc(C(=O)N3CC[C@@H]4CNC[C@@H]4CC3)ccc2N1C.Cl. The monoisotopic (exact) mass is 378 g/mol. The summed E-state index contributed by atoms with van der Waals surface area (Å²) >= 11 is 0. The van der Waals surface area contributed by atoms with Crippen molar-refractivity contribution in [1.29, 1.82) is 0 Å². The van der Waals surface area contributed by atoms with Gasteiger partial charge in [0, 0.05) is 25.7 Å². The molecule has 0 spiro atoms. The largest absolute Gasteiger partial charge is 0.361 e. The van der Waals surface area contributed by atoms with Gasteiger partial charge in [0.2, 0.25) is 5.91 Å². The Morgan fingerprint density at radius 1 is 1.15 bits per heavy atom. The summed E-state index contributed by atoms with van der Waals surface area (Å²) in [4.78, 5) is 29.0. The van der Waals surface area contributed by atoms with Crippen molar-refractivity contribution in [2.24, 2.45) is 11.8 Å². The summed E-state index contributed by atoms with van der Waals surface area (Å²) in [6, 6.07) is 5.45. The fourth-order valence-electron chi connectivity index (χ4n) is 4.30. The molecule has 1 unspecified atom stereocenters. The van der Waals surface area contributed by atoms with E-state index in [1.807, 2.05) is 42.0 Å². The Labute approximate surface area is 160 Å². The first-order chi connectivity index (χ1) is 12.0. The van der Waals surface area contributed by atoms with Crippen molar-refractivity contribution in [3.05, 3.63) is 23.8 Å². The van der Waals surface area contributed by atoms with Crippen LogP contribution >= 0.6 is 12.4 Å². The molecule has 0 aromatic heterocycles. The molecule has 142 valence electrons. The van der Waals surface area contributed by atoms with Gasteiger partial charge < -0.3 is 20.4 Å². The number of likely N-dealkylation sites (tertiary alicyclic amines) is 1. The van der Waals surface area contributed by atoms with Gasteiger partial charge in [-0.1, -0.05) is 0 Å². The molecule has 3 aliphatic rings. The normalized spacial score (nSPS) is 27.8. The Morgan fingerprint density at radius 3 is 2.46 bits per heavy atom. The van der Waals surface area contributed by atoms with Crippen LogP contribution in [0.5, 0.6) is 0 Å². The van der Waals surface area contributed by atoms with Crippen LogP contribution in [0, 0.1) is 11.8 Å². The molecule has 26 heavy (non-hydrogen) atoms. The Bertz CT molecular complexity index is 697. The average Bonchev–Trinajstić information content (AvgIpc) is 2.97. The fourth-order valence-corrected chi connectivity index (χ4v) is 4.30. The fraction of sp³-hybridized carbons (Fsp3) is 0.579. The van der Waals surface area contributed by atoms with Gasteiger partial charge in [0.05, 0.1) is 11.4 Å². The number of rotatable bonds is 1. The number of amides is 2. The number of nitrogens with one attached hydrogen (secondary N) is 2. The van der Waals surface area contributed by atoms with E-state index in [9.17, 15) is 9.59 Å². The van der Waals surface area contributed by atoms with Gasteiger partial charge in [-0.3, -0.25) is 9.59 Å². The molecule has 3 atom stereocenters. The molecular formula is C19H27ClN4O2. The van der Waals surface area contributed by atoms with Crippen LogP contribution in [-0.4, -0.2) is 56.0 Å². The van der Waals surface area contributed by atoms with Crippen molar-refractivity contribution in [3.63, 3.8) is 0 Å². The maximum absolute atomic E-state index is 13.0. The molecule has 0 radical (unpaired) electrons. The van der Waals surface area contributed by atoms with Gasteiger partial charge in [-0.25, -0.2) is 0 Å². The second-order valence-electron chi connectivity index (χ2n) is 7.56. The van der Waals surface area contributed by atoms with E-state index in [-0.39, 0.29) is 30.3 Å². The molecular weight excluding hydrogens is 352 g/mol. The summed E-state index contributed by atoms with van der Waals surface area (Å²) in [5, 5.41) is 6.39. The number of hydrogen-bond donors (Lipinski definition) is 2. The zero-order valence-electron chi connectivity index (χ0n) is 15.3. The standard InChI is InChI=1S/C19H26N4O2.ClH/c1-12-18(24)21-16-9-13(3-4-17(16)22(12)2)19(25)23-7-5-14-10-20-11-15(14)6-8-23;/h3-4,9,12,14-15,20H,5-8,10-11H2,1-2H3,(H,21,24);1H/t12?,14-,15+;. The van der Waals surface area contributed by atoms with E-state index < -0.39 is 0 Å². The van der Waals surface area contributed by atoms with Crippen LogP contribution in [0.15, 0.2) is 18.2 Å². The predicted molar refractivity (Wildman–Crippen MR) is 105 cm³/mol. The molecule has 4 rings (SSSR count). The lowest BCUT2D eigenvalue weighted by Crippen LogP contribution is -2.44. The summed E-state index contributed by atoms with van der Waals surface area (Å²) < 4.78 is 0. The molecule has 1 aromatic carbocycles. The van der Waals surface area contributed by atoms with Crippen molar-refractivity contribution < 1.29 is 9.59 Å². The van der Waals surface area contributed by atoms with Crippen LogP contribution in [0.25, 0.3) is 0 Å². The second kappa shape index (κ2) is 7.45. The summed E-state index contributed by atoms with van der Waals surface area (Å²) in [6.45, 7) is 5.69. The van der Waals surface area contributed by atoms with E-state index in [1.165, 1.54) is 0 Å². The van der Waals surface area contributed by atoms with E-state index in [2.05, 4.69) is 10.6 Å². The smallest absolute Gasteiger partial charge is 0.253 e. The molecule has 7 heteroatoms. The molecule has 2 fully saturated rings. The molecule has 6 nitrogen and oxygen atoms in total. The first kappa shape index (κ1) is 19.0. The Morgan fingerprint density at radius 2 is 1.81 bits per heavy atom. The van der Waals surface area contributed by atoms with Gasteiger partial charge in [0.1, 0.15) is 6.04 Å². The molecule has 0 bridgehead atoms. The highest BCUT2D eigenvalue weighted by atomic mass is 35.5. The summed E-state index contributed by atoms with van der Waals surface area (Å²) in [7, 11) is 1.91. The van der Waals surface area contributed by atoms with Crippen molar-refractivity contribution in [2.45, 2.75) is 25.8 Å². The minimum Gasteiger partial charge on any atom is -0.361 e. The van der Waals surface area contributed by atoms with E-state index in [0.717, 1.165) is 50.4 Å². The molecule has 3 heterocycles. The first-order valence-electron chi connectivity index (χ1n) is 9.22. The van der Waals surface area contributed by atoms with Gasteiger partial charge in [-0.15, -0.1) is 12.4 Å². The molecule has 2 N–H and O–H groups in total. The molecule has 0 saturated carbocycles. The van der Waals surface area contributed by atoms with Crippen LogP contribution in [0.2, 0.25) is 0 Å². The molecule has 2 amide bonds. The maximum Gasteiger partial charge on any atom is 0.253 e. The van der Waals surface area contributed by atoms with Crippen molar-refractivity contribution >= 4 is 35.6 Å². The van der Waals surface area contributed by atoms with E-state index in [4.69, 9.17) is 0 Å². The quantitative estimate of drug-likeness (QED) is 0.784. The number of anilines is 2. The first-order valence-corrected chi connectivity index (χ1v) is 9.22. The summed E-state index contributed by atoms with van der Waals surface area (Å²) in [5.74, 6) is 1.45. The topological polar surface area (TPSA) is 64.7 Å². The highest BCUT2D eigenvalue weighted by Gasteiger charge is 2.32. The van der Waals surface area contributed by atoms with Crippen LogP contribution in [0.1, 0.15) is 30.1 Å². The minimum atomic E-state index is -0.201. The van der Waals surface area contributed by atoms with Gasteiger partial charge >= 0.3 is 0 Å². The minimum absolute atomic E-state index is 0. The zero-order valence-corrected chi connectivity index (χ0v) is 16.1. The lowest BCUT2D eigenvalue weighted by atomic mass is 9.92. The summed E-state index contributed by atoms with van der Waals surface area (Å²) in [6.07, 6.45) is 2.15. The highest BCUT2D eigenvalue weighted by Crippen LogP contribution is 2.33. The van der Waals surface area contributed by atoms with E-state index >= 15 is 0 Å². The predicted octanol–water partition coefficient (Wildman–Crippen LogP) is 1.96. The van der Waals surface area contributed by atoms with E-state index in [0.29, 0.717) is 17.4 Å². The number of benzene rings is 1. The Hall–Kier alpha value is -1.79. The highest BCUT2D eigenvalue weighted by molar-refractivity contribution is 6.05. The lowest BCUT2D eigenvalue weighted by Gasteiger charge is -2.33. The third-order valence-corrected chi connectivity index (χ3v) is 6.15. The Balaban J connectivity index is 0.00000196. The van der Waals surface area contributed by atoms with Gasteiger partial charge in [-0.2, -0.15) is 0 Å². The molecule has 3 aliphatic heterocycles. The summed E-state index contributed by atoms with van der Waals surface area (Å²) in [5.41, 5.74) is 2.35. The maximum atomic E-state index is 13.0. The number of likely N-dealkylation sites (N-methyl/N-ethyl adjacent to an activating group) is 1. The van der Waals surface area contributed by atoms with Crippen LogP contribution in [0.4, 0.5) is 11.4 Å². The Kier molecular flexibility index (Phi) is 5.44. The average molecular weight is 379 g/mol. The number of carbonyl (C=O) groups excluding carboxylic acids is 2. The number of nitrogens with zero attached hydrogens (tertiary/aromatic N) is 2. The second-order valence-corrected chi connectivity index (χ2v) is 7.56. The van der Waals surface area contributed by atoms with Crippen LogP contribution in [-0.2, 0) is 4.79 Å². The molecule has 0 aliphatic carbocycles. The lowest BCUT2D eigenvalue weighted by molar-refractivity contribution is -0.117. The third kappa shape index (κ3) is 3.28. The van der Waals surface area contributed by atoms with E-state index in [1.54, 1.807) is 0 Å². The zero-order chi connectivity index (χ0) is 17.6. The molecule has 1 aromatic rings. The van der Waals surface area contributed by atoms with Crippen LogP contribution < -0.4 is 15.5 Å². The molecule has 2 saturated heterocycles. The van der Waals surface area contributed by atoms with Gasteiger partial charge in [-0.05, 0) is 62.9 Å². The number of hydrogen-bond acceptors (Lipinski definition) is 4. The number of carbonyl (C=O) groups is 2. The van der Waals surface area contributed by atoms with Crippen molar-refractivity contribution in [2.75, 3.05) is 43.4 Å². The van der Waals surface area contributed by atoms with Gasteiger partial charge in [0.25, 0.3) is 5.91 Å². The number of fused-ring (bicyclic) bond motifs is 2. The third-order valence-electron chi connectivity index (χ3n) is 6.15. The van der Waals surface area contributed by atoms with Crippen molar-refractivity contribution in [3.8, 4) is 0 Å².